The van der Waals surface area contributed by atoms with Gasteiger partial charge in [-0.1, -0.05) is 13.8 Å². The molecule has 0 saturated heterocycles. The molecule has 25 heavy (non-hydrogen) atoms. The molecule has 0 atom stereocenters. The molecule has 0 heterocycles. The van der Waals surface area contributed by atoms with Crippen LogP contribution in [0.1, 0.15) is 31.9 Å². The molecule has 2 aromatic rings. The van der Waals surface area contributed by atoms with Gasteiger partial charge in [0.05, 0.1) is 18.5 Å². The fourth-order valence-electron chi connectivity index (χ4n) is 2.55. The zero-order chi connectivity index (χ0) is 18.2. The molecule has 0 amide bonds. The second-order valence-electron chi connectivity index (χ2n) is 5.80. The SMILES string of the molecule is CCN(CC)Cc1cc(/C(C)=N\Nc2ccc(F)cc2)ccc1OC. The highest BCUT2D eigenvalue weighted by molar-refractivity contribution is 5.99. The summed E-state index contributed by atoms with van der Waals surface area (Å²) in [6.07, 6.45) is 0. The minimum absolute atomic E-state index is 0.262. The summed E-state index contributed by atoms with van der Waals surface area (Å²) < 4.78 is 18.4. The van der Waals surface area contributed by atoms with E-state index >= 15 is 0 Å². The predicted octanol–water partition coefficient (Wildman–Crippen LogP) is 4.51. The van der Waals surface area contributed by atoms with Crippen molar-refractivity contribution in [3.05, 3.63) is 59.4 Å². The van der Waals surface area contributed by atoms with E-state index in [1.807, 2.05) is 19.1 Å². The molecular weight excluding hydrogens is 317 g/mol. The third kappa shape index (κ3) is 5.29. The van der Waals surface area contributed by atoms with E-state index in [2.05, 4.69) is 35.3 Å². The Hall–Kier alpha value is -2.40. The molecule has 0 aliphatic carbocycles. The molecule has 5 heteroatoms. The molecule has 134 valence electrons. The number of anilines is 1. The molecule has 4 nitrogen and oxygen atoms in total. The summed E-state index contributed by atoms with van der Waals surface area (Å²) in [5.41, 5.74) is 6.73. The standard InChI is InChI=1S/C20H26FN3O/c1-5-24(6-2)14-17-13-16(7-12-20(17)25-4)15(3)22-23-19-10-8-18(21)9-11-19/h7-13,23H,5-6,14H2,1-4H3/b22-15-. The number of hydrogen-bond acceptors (Lipinski definition) is 4. The molecule has 0 aliphatic rings. The lowest BCUT2D eigenvalue weighted by Gasteiger charge is -2.20. The number of nitrogens with one attached hydrogen (secondary N) is 1. The zero-order valence-electron chi connectivity index (χ0n) is 15.3. The first-order valence-corrected chi connectivity index (χ1v) is 8.52. The Balaban J connectivity index is 2.19. The van der Waals surface area contributed by atoms with Crippen molar-refractivity contribution in [1.82, 2.24) is 4.90 Å². The number of ether oxygens (including phenoxy) is 1. The monoisotopic (exact) mass is 343 g/mol. The van der Waals surface area contributed by atoms with E-state index in [9.17, 15) is 4.39 Å². The molecule has 0 radical (unpaired) electrons. The van der Waals surface area contributed by atoms with E-state index in [0.717, 1.165) is 47.9 Å². The van der Waals surface area contributed by atoms with E-state index < -0.39 is 0 Å². The maximum atomic E-state index is 12.9. The van der Waals surface area contributed by atoms with Gasteiger partial charge in [0.2, 0.25) is 0 Å². The van der Waals surface area contributed by atoms with Crippen molar-refractivity contribution >= 4 is 11.4 Å². The Morgan fingerprint density at radius 3 is 2.40 bits per heavy atom. The predicted molar refractivity (Wildman–Crippen MR) is 102 cm³/mol. The summed E-state index contributed by atoms with van der Waals surface area (Å²) in [6.45, 7) is 9.06. The van der Waals surface area contributed by atoms with Crippen molar-refractivity contribution in [2.45, 2.75) is 27.3 Å². The molecule has 0 aromatic heterocycles. The van der Waals surface area contributed by atoms with Gasteiger partial charge in [-0.05, 0) is 68.0 Å². The lowest BCUT2D eigenvalue weighted by atomic mass is 10.1. The highest BCUT2D eigenvalue weighted by Crippen LogP contribution is 2.22. The van der Waals surface area contributed by atoms with Gasteiger partial charge in [0.15, 0.2) is 0 Å². The van der Waals surface area contributed by atoms with Crippen molar-refractivity contribution in [3.63, 3.8) is 0 Å². The van der Waals surface area contributed by atoms with Gasteiger partial charge in [0.1, 0.15) is 11.6 Å². The molecule has 1 N–H and O–H groups in total. The van der Waals surface area contributed by atoms with Gasteiger partial charge >= 0.3 is 0 Å². The van der Waals surface area contributed by atoms with Crippen molar-refractivity contribution in [1.29, 1.82) is 0 Å². The van der Waals surface area contributed by atoms with Crippen LogP contribution in [0.2, 0.25) is 0 Å². The number of methoxy groups -OCH3 is 1. The number of rotatable bonds is 8. The zero-order valence-corrected chi connectivity index (χ0v) is 15.3. The third-order valence-corrected chi connectivity index (χ3v) is 4.18. The van der Waals surface area contributed by atoms with Gasteiger partial charge in [-0.15, -0.1) is 0 Å². The van der Waals surface area contributed by atoms with Crippen LogP contribution in [0.5, 0.6) is 5.75 Å². The van der Waals surface area contributed by atoms with Crippen molar-refractivity contribution in [2.24, 2.45) is 5.10 Å². The van der Waals surface area contributed by atoms with E-state index in [1.165, 1.54) is 12.1 Å². The Labute approximate surface area is 149 Å². The Kier molecular flexibility index (Phi) is 6.95. The Bertz CT molecular complexity index is 709. The largest absolute Gasteiger partial charge is 0.496 e. The topological polar surface area (TPSA) is 36.9 Å². The summed E-state index contributed by atoms with van der Waals surface area (Å²) in [6, 6.07) is 12.2. The van der Waals surface area contributed by atoms with Gasteiger partial charge in [-0.3, -0.25) is 10.3 Å². The highest BCUT2D eigenvalue weighted by atomic mass is 19.1. The summed E-state index contributed by atoms with van der Waals surface area (Å²) in [5.74, 6) is 0.623. The molecule has 2 rings (SSSR count). The highest BCUT2D eigenvalue weighted by Gasteiger charge is 2.09. The molecule has 0 bridgehead atoms. The van der Waals surface area contributed by atoms with Crippen LogP contribution in [-0.2, 0) is 6.54 Å². The second kappa shape index (κ2) is 9.18. The van der Waals surface area contributed by atoms with Crippen LogP contribution >= 0.6 is 0 Å². The normalized spacial score (nSPS) is 11.7. The lowest BCUT2D eigenvalue weighted by molar-refractivity contribution is 0.289. The molecule has 0 unspecified atom stereocenters. The first kappa shape index (κ1) is 18.9. The average Bonchev–Trinajstić information content (AvgIpc) is 2.65. The smallest absolute Gasteiger partial charge is 0.123 e. The van der Waals surface area contributed by atoms with Gasteiger partial charge in [-0.2, -0.15) is 5.10 Å². The van der Waals surface area contributed by atoms with Crippen LogP contribution in [-0.4, -0.2) is 30.8 Å². The van der Waals surface area contributed by atoms with E-state index in [-0.39, 0.29) is 5.82 Å². The summed E-state index contributed by atoms with van der Waals surface area (Å²) >= 11 is 0. The number of hydrazone groups is 1. The number of nitrogens with zero attached hydrogens (tertiary/aromatic N) is 2. The molecule has 0 aliphatic heterocycles. The minimum Gasteiger partial charge on any atom is -0.496 e. The summed E-state index contributed by atoms with van der Waals surface area (Å²) in [5, 5.41) is 4.40. The van der Waals surface area contributed by atoms with Crippen LogP contribution < -0.4 is 10.2 Å². The number of hydrogen-bond donors (Lipinski definition) is 1. The maximum Gasteiger partial charge on any atom is 0.123 e. The van der Waals surface area contributed by atoms with E-state index in [0.29, 0.717) is 0 Å². The lowest BCUT2D eigenvalue weighted by Crippen LogP contribution is -2.22. The van der Waals surface area contributed by atoms with Gasteiger partial charge < -0.3 is 4.74 Å². The Morgan fingerprint density at radius 1 is 1.12 bits per heavy atom. The van der Waals surface area contributed by atoms with Crippen LogP contribution in [0.3, 0.4) is 0 Å². The first-order chi connectivity index (χ1) is 12.1. The van der Waals surface area contributed by atoms with Gasteiger partial charge in [-0.25, -0.2) is 4.39 Å². The quantitative estimate of drug-likeness (QED) is 0.566. The minimum atomic E-state index is -0.262. The van der Waals surface area contributed by atoms with E-state index in [1.54, 1.807) is 19.2 Å². The Morgan fingerprint density at radius 2 is 1.80 bits per heavy atom. The van der Waals surface area contributed by atoms with Gasteiger partial charge in [0.25, 0.3) is 0 Å². The third-order valence-electron chi connectivity index (χ3n) is 4.18. The second-order valence-corrected chi connectivity index (χ2v) is 5.80. The van der Waals surface area contributed by atoms with Crippen LogP contribution in [0.4, 0.5) is 10.1 Å². The molecule has 0 fully saturated rings. The molecule has 0 saturated carbocycles. The van der Waals surface area contributed by atoms with Crippen LogP contribution in [0, 0.1) is 5.82 Å². The average molecular weight is 343 g/mol. The van der Waals surface area contributed by atoms with E-state index in [4.69, 9.17) is 4.74 Å². The fourth-order valence-corrected chi connectivity index (χ4v) is 2.55. The van der Waals surface area contributed by atoms with Crippen molar-refractivity contribution in [2.75, 3.05) is 25.6 Å². The molecule has 0 spiro atoms. The first-order valence-electron chi connectivity index (χ1n) is 8.52. The molecule has 2 aromatic carbocycles. The van der Waals surface area contributed by atoms with Crippen LogP contribution in [0.15, 0.2) is 47.6 Å². The van der Waals surface area contributed by atoms with Crippen molar-refractivity contribution < 1.29 is 9.13 Å². The maximum absolute atomic E-state index is 12.9. The summed E-state index contributed by atoms with van der Waals surface area (Å²) in [4.78, 5) is 2.34. The van der Waals surface area contributed by atoms with Gasteiger partial charge in [0, 0.05) is 12.1 Å². The van der Waals surface area contributed by atoms with Crippen LogP contribution in [0.25, 0.3) is 0 Å². The molecular formula is C20H26FN3O. The summed E-state index contributed by atoms with van der Waals surface area (Å²) in [7, 11) is 1.69. The number of benzene rings is 2. The van der Waals surface area contributed by atoms with Crippen molar-refractivity contribution in [3.8, 4) is 5.75 Å². The number of halogens is 1. The fraction of sp³-hybridized carbons (Fsp3) is 0.350.